The summed E-state index contributed by atoms with van der Waals surface area (Å²) in [5, 5.41) is 3.52. The highest BCUT2D eigenvalue weighted by molar-refractivity contribution is 6.36. The number of nitrogens with one attached hydrogen (secondary N) is 1. The number of halogens is 1. The van der Waals surface area contributed by atoms with Crippen molar-refractivity contribution in [2.24, 2.45) is 0 Å². The van der Waals surface area contributed by atoms with Crippen molar-refractivity contribution >= 4 is 40.5 Å². The van der Waals surface area contributed by atoms with Crippen molar-refractivity contribution in [2.75, 3.05) is 29.2 Å². The predicted molar refractivity (Wildman–Crippen MR) is 96.7 cm³/mol. The molecule has 0 aliphatic carbocycles. The Labute approximate surface area is 145 Å². The first kappa shape index (κ1) is 16.3. The molecular weight excluding hydrogens is 326 g/mol. The van der Waals surface area contributed by atoms with E-state index in [1.165, 1.54) is 0 Å². The molecule has 124 valence electrons. The molecule has 3 rings (SSSR count). The van der Waals surface area contributed by atoms with E-state index in [9.17, 15) is 9.59 Å². The first-order valence-electron chi connectivity index (χ1n) is 7.62. The van der Waals surface area contributed by atoms with Gasteiger partial charge in [0.1, 0.15) is 6.04 Å². The molecule has 0 spiro atoms. The summed E-state index contributed by atoms with van der Waals surface area (Å²) in [7, 11) is 3.92. The quantitative estimate of drug-likeness (QED) is 0.866. The number of nitrogens with zero attached hydrogens (tertiary/aromatic N) is 2. The fraction of sp³-hybridized carbons (Fsp3) is 0.222. The van der Waals surface area contributed by atoms with E-state index in [1.54, 1.807) is 24.3 Å². The molecule has 1 aliphatic rings. The summed E-state index contributed by atoms with van der Waals surface area (Å²) >= 11 is 6.12. The van der Waals surface area contributed by atoms with E-state index in [-0.39, 0.29) is 18.2 Å². The molecule has 2 aromatic carbocycles. The summed E-state index contributed by atoms with van der Waals surface area (Å²) in [6.07, 6.45) is 0.111. The van der Waals surface area contributed by atoms with Gasteiger partial charge >= 0.3 is 0 Å². The Kier molecular flexibility index (Phi) is 4.44. The molecule has 0 saturated carbocycles. The number of carbonyl (C=O) groups excluding carboxylic acids is 2. The lowest BCUT2D eigenvalue weighted by molar-refractivity contribution is -0.121. The molecule has 24 heavy (non-hydrogen) atoms. The summed E-state index contributed by atoms with van der Waals surface area (Å²) < 4.78 is 0. The average Bonchev–Trinajstić information content (AvgIpc) is 2.83. The molecule has 0 bridgehead atoms. The molecule has 1 unspecified atom stereocenters. The standard InChI is InChI=1S/C18H18ClN3O2/c1-21(2)13-9-7-12(8-10-13)20-15-11-17(23)22(18(15)24)16-6-4-3-5-14(16)19/h3-10,15,20H,11H2,1-2H3. The lowest BCUT2D eigenvalue weighted by Gasteiger charge is -2.18. The SMILES string of the molecule is CN(C)c1ccc(NC2CC(=O)N(c3ccccc3Cl)C2=O)cc1. The van der Waals surface area contributed by atoms with Crippen molar-refractivity contribution < 1.29 is 9.59 Å². The summed E-state index contributed by atoms with van der Waals surface area (Å²) in [4.78, 5) is 28.1. The number of hydrogen-bond donors (Lipinski definition) is 1. The minimum atomic E-state index is -0.584. The Morgan fingerprint density at radius 3 is 2.38 bits per heavy atom. The lowest BCUT2D eigenvalue weighted by atomic mass is 10.2. The molecule has 1 fully saturated rings. The Morgan fingerprint density at radius 2 is 1.75 bits per heavy atom. The number of rotatable bonds is 4. The normalized spacial score (nSPS) is 17.3. The van der Waals surface area contributed by atoms with Crippen LogP contribution in [0.5, 0.6) is 0 Å². The number of para-hydroxylation sites is 1. The van der Waals surface area contributed by atoms with Gasteiger partial charge in [0.2, 0.25) is 5.91 Å². The fourth-order valence-electron chi connectivity index (χ4n) is 2.69. The summed E-state index contributed by atoms with van der Waals surface area (Å²) in [5.74, 6) is -0.541. The second-order valence-corrected chi connectivity index (χ2v) is 6.27. The van der Waals surface area contributed by atoms with Gasteiger partial charge in [-0.1, -0.05) is 23.7 Å². The van der Waals surface area contributed by atoms with E-state index in [2.05, 4.69) is 5.32 Å². The van der Waals surface area contributed by atoms with Gasteiger partial charge in [-0.15, -0.1) is 0 Å². The highest BCUT2D eigenvalue weighted by Crippen LogP contribution is 2.30. The van der Waals surface area contributed by atoms with Gasteiger partial charge in [0.05, 0.1) is 17.1 Å². The minimum Gasteiger partial charge on any atom is -0.378 e. The number of amides is 2. The van der Waals surface area contributed by atoms with Gasteiger partial charge in [0.25, 0.3) is 5.91 Å². The molecule has 6 heteroatoms. The van der Waals surface area contributed by atoms with E-state index in [1.807, 2.05) is 43.3 Å². The van der Waals surface area contributed by atoms with Gasteiger partial charge in [0.15, 0.2) is 0 Å². The van der Waals surface area contributed by atoms with E-state index in [4.69, 9.17) is 11.6 Å². The second-order valence-electron chi connectivity index (χ2n) is 5.86. The van der Waals surface area contributed by atoms with Gasteiger partial charge in [-0.2, -0.15) is 0 Å². The van der Waals surface area contributed by atoms with Crippen LogP contribution < -0.4 is 15.1 Å². The maximum absolute atomic E-state index is 12.6. The maximum Gasteiger partial charge on any atom is 0.256 e. The zero-order valence-electron chi connectivity index (χ0n) is 13.5. The molecule has 1 atom stereocenters. The van der Waals surface area contributed by atoms with Crippen LogP contribution in [0.25, 0.3) is 0 Å². The molecule has 2 aromatic rings. The molecule has 1 saturated heterocycles. The summed E-state index contributed by atoms with van der Waals surface area (Å²) in [6, 6.07) is 14.0. The lowest BCUT2D eigenvalue weighted by Crippen LogP contribution is -2.35. The zero-order valence-corrected chi connectivity index (χ0v) is 14.2. The molecule has 1 aliphatic heterocycles. The number of carbonyl (C=O) groups is 2. The van der Waals surface area contributed by atoms with Crippen LogP contribution in [-0.2, 0) is 9.59 Å². The van der Waals surface area contributed by atoms with Crippen LogP contribution in [0.4, 0.5) is 17.1 Å². The van der Waals surface area contributed by atoms with Crippen LogP contribution in [0.2, 0.25) is 5.02 Å². The Hall–Kier alpha value is -2.53. The van der Waals surface area contributed by atoms with Crippen LogP contribution in [0.1, 0.15) is 6.42 Å². The van der Waals surface area contributed by atoms with Gasteiger partial charge in [0, 0.05) is 25.5 Å². The first-order chi connectivity index (χ1) is 11.5. The number of benzene rings is 2. The van der Waals surface area contributed by atoms with E-state index < -0.39 is 6.04 Å². The predicted octanol–water partition coefficient (Wildman–Crippen LogP) is 3.15. The molecule has 0 radical (unpaired) electrons. The van der Waals surface area contributed by atoms with Crippen molar-refractivity contribution in [3.63, 3.8) is 0 Å². The highest BCUT2D eigenvalue weighted by Gasteiger charge is 2.40. The van der Waals surface area contributed by atoms with E-state index in [0.29, 0.717) is 10.7 Å². The Morgan fingerprint density at radius 1 is 1.08 bits per heavy atom. The monoisotopic (exact) mass is 343 g/mol. The summed E-state index contributed by atoms with van der Waals surface area (Å²) in [5.41, 5.74) is 2.29. The number of anilines is 3. The largest absolute Gasteiger partial charge is 0.378 e. The third-order valence-corrected chi connectivity index (χ3v) is 4.28. The van der Waals surface area contributed by atoms with Crippen LogP contribution in [-0.4, -0.2) is 32.0 Å². The number of imide groups is 1. The van der Waals surface area contributed by atoms with Gasteiger partial charge in [-0.25, -0.2) is 4.90 Å². The smallest absolute Gasteiger partial charge is 0.256 e. The van der Waals surface area contributed by atoms with Crippen molar-refractivity contribution in [2.45, 2.75) is 12.5 Å². The fourth-order valence-corrected chi connectivity index (χ4v) is 2.91. The van der Waals surface area contributed by atoms with Crippen LogP contribution in [0, 0.1) is 0 Å². The second kappa shape index (κ2) is 6.53. The van der Waals surface area contributed by atoms with Gasteiger partial charge in [-0.05, 0) is 36.4 Å². The maximum atomic E-state index is 12.6. The van der Waals surface area contributed by atoms with Crippen LogP contribution in [0.15, 0.2) is 48.5 Å². The third kappa shape index (κ3) is 3.08. The third-order valence-electron chi connectivity index (χ3n) is 3.96. The van der Waals surface area contributed by atoms with Crippen LogP contribution >= 0.6 is 11.6 Å². The molecule has 1 heterocycles. The zero-order chi connectivity index (χ0) is 17.3. The molecule has 5 nitrogen and oxygen atoms in total. The van der Waals surface area contributed by atoms with Crippen LogP contribution in [0.3, 0.4) is 0 Å². The minimum absolute atomic E-state index is 0.111. The van der Waals surface area contributed by atoms with Crippen molar-refractivity contribution in [3.05, 3.63) is 53.6 Å². The average molecular weight is 344 g/mol. The van der Waals surface area contributed by atoms with E-state index >= 15 is 0 Å². The van der Waals surface area contributed by atoms with Crippen molar-refractivity contribution in [1.29, 1.82) is 0 Å². The van der Waals surface area contributed by atoms with Gasteiger partial charge < -0.3 is 10.2 Å². The highest BCUT2D eigenvalue weighted by atomic mass is 35.5. The molecule has 0 aromatic heterocycles. The van der Waals surface area contributed by atoms with Crippen molar-refractivity contribution in [3.8, 4) is 0 Å². The molecular formula is C18H18ClN3O2. The van der Waals surface area contributed by atoms with Gasteiger partial charge in [-0.3, -0.25) is 9.59 Å². The summed E-state index contributed by atoms with van der Waals surface area (Å²) in [6.45, 7) is 0. The number of hydrogen-bond acceptors (Lipinski definition) is 4. The molecule has 1 N–H and O–H groups in total. The Bertz CT molecular complexity index is 774. The van der Waals surface area contributed by atoms with E-state index in [0.717, 1.165) is 16.3 Å². The van der Waals surface area contributed by atoms with Crippen molar-refractivity contribution in [1.82, 2.24) is 0 Å². The Balaban J connectivity index is 1.78. The topological polar surface area (TPSA) is 52.7 Å². The molecule has 2 amide bonds. The first-order valence-corrected chi connectivity index (χ1v) is 8.00.